The third kappa shape index (κ3) is 3.71. The topological polar surface area (TPSA) is 74.0 Å². The number of oxime groups is 1. The molecule has 0 saturated carbocycles. The van der Waals surface area contributed by atoms with Gasteiger partial charge in [-0.25, -0.2) is 0 Å². The van der Waals surface area contributed by atoms with Crippen LogP contribution in [-0.4, -0.2) is 29.1 Å². The van der Waals surface area contributed by atoms with E-state index in [1.165, 1.54) is 0 Å². The highest BCUT2D eigenvalue weighted by Gasteiger charge is 2.15. The molecule has 0 atom stereocenters. The van der Waals surface area contributed by atoms with Crippen LogP contribution in [0.4, 0.5) is 5.69 Å². The number of amides is 1. The first kappa shape index (κ1) is 12.9. The number of anilines is 1. The molecule has 1 aromatic carbocycles. The third-order valence-corrected chi connectivity index (χ3v) is 2.08. The summed E-state index contributed by atoms with van der Waals surface area (Å²) < 4.78 is 0. The summed E-state index contributed by atoms with van der Waals surface area (Å²) in [6.45, 7) is 4.00. The highest BCUT2D eigenvalue weighted by atomic mass is 16.4. The fourth-order valence-corrected chi connectivity index (χ4v) is 1.31. The second-order valence-corrected chi connectivity index (χ2v) is 3.33. The van der Waals surface area contributed by atoms with Gasteiger partial charge >= 0.3 is 0 Å². The van der Waals surface area contributed by atoms with E-state index in [1.807, 2.05) is 13.0 Å². The summed E-state index contributed by atoms with van der Waals surface area (Å²) in [6.07, 6.45) is 0. The Morgan fingerprint density at radius 3 is 2.53 bits per heavy atom. The molecule has 0 radical (unpaired) electrons. The predicted octanol–water partition coefficient (Wildman–Crippen LogP) is 1.94. The van der Waals surface area contributed by atoms with Gasteiger partial charge in [-0.1, -0.05) is 23.4 Å². The van der Waals surface area contributed by atoms with Crippen LogP contribution in [0.2, 0.25) is 0 Å². The van der Waals surface area contributed by atoms with E-state index in [0.29, 0.717) is 17.9 Å². The van der Waals surface area contributed by atoms with Gasteiger partial charge in [-0.3, -0.25) is 9.79 Å². The van der Waals surface area contributed by atoms with Gasteiger partial charge in [-0.15, -0.1) is 0 Å². The number of benzene rings is 1. The maximum absolute atomic E-state index is 11.8. The molecule has 0 heterocycles. The highest BCUT2D eigenvalue weighted by molar-refractivity contribution is 6.68. The second kappa shape index (κ2) is 6.42. The number of rotatable bonds is 4. The van der Waals surface area contributed by atoms with E-state index in [1.54, 1.807) is 31.2 Å². The normalized spacial score (nSPS) is 12.4. The minimum Gasteiger partial charge on any atom is -0.410 e. The molecule has 5 nitrogen and oxygen atoms in total. The van der Waals surface area contributed by atoms with E-state index in [-0.39, 0.29) is 5.71 Å². The van der Waals surface area contributed by atoms with E-state index in [0.717, 1.165) is 0 Å². The molecule has 1 amide bonds. The van der Waals surface area contributed by atoms with Crippen molar-refractivity contribution in [3.8, 4) is 0 Å². The number of hydrogen-bond donors (Lipinski definition) is 2. The van der Waals surface area contributed by atoms with Crippen LogP contribution in [0.5, 0.6) is 0 Å². The van der Waals surface area contributed by atoms with Crippen molar-refractivity contribution in [2.75, 3.05) is 11.9 Å². The van der Waals surface area contributed by atoms with Gasteiger partial charge < -0.3 is 10.5 Å². The highest BCUT2D eigenvalue weighted by Crippen LogP contribution is 2.05. The largest absolute Gasteiger partial charge is 0.410 e. The van der Waals surface area contributed by atoms with Gasteiger partial charge in [0.25, 0.3) is 5.91 Å². The Bertz CT molecular complexity index is 438. The zero-order valence-corrected chi connectivity index (χ0v) is 9.84. The minimum atomic E-state index is -0.478. The Hall–Kier alpha value is -2.17. The molecular formula is C12H15N3O2. The summed E-state index contributed by atoms with van der Waals surface area (Å²) in [5.74, 6) is -0.478. The smallest absolute Gasteiger partial charge is 0.279 e. The Kier molecular flexibility index (Phi) is 4.87. The van der Waals surface area contributed by atoms with Gasteiger partial charge in [0.05, 0.1) is 5.71 Å². The van der Waals surface area contributed by atoms with Crippen molar-refractivity contribution >= 4 is 23.0 Å². The van der Waals surface area contributed by atoms with Gasteiger partial charge in [0.1, 0.15) is 0 Å². The summed E-state index contributed by atoms with van der Waals surface area (Å²) in [5, 5.41) is 14.4. The number of nitrogens with zero attached hydrogens (tertiary/aromatic N) is 2. The average molecular weight is 233 g/mol. The van der Waals surface area contributed by atoms with Crippen LogP contribution >= 0.6 is 0 Å². The number of carbonyl (C=O) groups is 1. The minimum absolute atomic E-state index is 0.0734. The summed E-state index contributed by atoms with van der Waals surface area (Å²) in [5.41, 5.74) is 0.974. The Morgan fingerprint density at radius 2 is 2.00 bits per heavy atom. The number of carbonyl (C=O) groups excluding carboxylic acids is 1. The molecule has 90 valence electrons. The van der Waals surface area contributed by atoms with Crippen molar-refractivity contribution < 1.29 is 10.0 Å². The van der Waals surface area contributed by atoms with Crippen LogP contribution in [0.3, 0.4) is 0 Å². The summed E-state index contributed by atoms with van der Waals surface area (Å²) in [4.78, 5) is 15.8. The molecule has 1 rings (SSSR count). The number of para-hydroxylation sites is 1. The monoisotopic (exact) mass is 233 g/mol. The van der Waals surface area contributed by atoms with Crippen molar-refractivity contribution in [2.24, 2.45) is 10.1 Å². The van der Waals surface area contributed by atoms with E-state index in [2.05, 4.69) is 15.5 Å². The molecule has 5 heteroatoms. The van der Waals surface area contributed by atoms with E-state index >= 15 is 0 Å². The molecule has 0 unspecified atom stereocenters. The van der Waals surface area contributed by atoms with E-state index in [4.69, 9.17) is 5.21 Å². The van der Waals surface area contributed by atoms with Crippen LogP contribution in [0.15, 0.2) is 40.5 Å². The summed E-state index contributed by atoms with van der Waals surface area (Å²) in [7, 11) is 0. The summed E-state index contributed by atoms with van der Waals surface area (Å²) >= 11 is 0. The van der Waals surface area contributed by atoms with Gasteiger partial charge in [0, 0.05) is 12.2 Å². The first-order valence-electron chi connectivity index (χ1n) is 5.29. The maximum atomic E-state index is 11.8. The Balaban J connectivity index is 2.79. The van der Waals surface area contributed by atoms with Crippen LogP contribution in [0, 0.1) is 0 Å². The second-order valence-electron chi connectivity index (χ2n) is 3.33. The fraction of sp³-hybridized carbons (Fsp3) is 0.250. The van der Waals surface area contributed by atoms with E-state index in [9.17, 15) is 4.79 Å². The van der Waals surface area contributed by atoms with Crippen LogP contribution in [0.25, 0.3) is 0 Å². The quantitative estimate of drug-likeness (QED) is 0.473. The van der Waals surface area contributed by atoms with E-state index < -0.39 is 5.91 Å². The molecular weight excluding hydrogens is 218 g/mol. The number of hydrogen-bond acceptors (Lipinski definition) is 4. The fourth-order valence-electron chi connectivity index (χ4n) is 1.31. The van der Waals surface area contributed by atoms with Crippen molar-refractivity contribution in [1.29, 1.82) is 0 Å². The Labute approximate surface area is 99.9 Å². The lowest BCUT2D eigenvalue weighted by molar-refractivity contribution is -0.110. The summed E-state index contributed by atoms with van der Waals surface area (Å²) in [6, 6.07) is 8.95. The molecule has 1 aromatic rings. The Morgan fingerprint density at radius 1 is 1.35 bits per heavy atom. The van der Waals surface area contributed by atoms with Gasteiger partial charge in [-0.05, 0) is 26.0 Å². The standard InChI is InChI=1S/C12H15N3O2/c1-3-13-9(2)11(15-17)12(16)14-10-7-5-4-6-8-10/h4-8,17H,3H2,1-2H3,(H,14,16)/b13-9?,15-11+. The molecule has 0 saturated heterocycles. The lowest BCUT2D eigenvalue weighted by atomic mass is 10.2. The van der Waals surface area contributed by atoms with Crippen LogP contribution < -0.4 is 5.32 Å². The molecule has 0 spiro atoms. The molecule has 0 aromatic heterocycles. The number of aliphatic imine (C=N–C) groups is 1. The van der Waals surface area contributed by atoms with Crippen LogP contribution in [0.1, 0.15) is 13.8 Å². The van der Waals surface area contributed by atoms with Crippen LogP contribution in [-0.2, 0) is 4.79 Å². The van der Waals surface area contributed by atoms with Gasteiger partial charge in [-0.2, -0.15) is 0 Å². The molecule has 0 fully saturated rings. The van der Waals surface area contributed by atoms with Crippen molar-refractivity contribution in [2.45, 2.75) is 13.8 Å². The van der Waals surface area contributed by atoms with Crippen molar-refractivity contribution in [3.63, 3.8) is 0 Å². The van der Waals surface area contributed by atoms with Crippen molar-refractivity contribution in [1.82, 2.24) is 0 Å². The predicted molar refractivity (Wildman–Crippen MR) is 67.9 cm³/mol. The third-order valence-electron chi connectivity index (χ3n) is 2.08. The molecule has 0 bridgehead atoms. The lowest BCUT2D eigenvalue weighted by Crippen LogP contribution is -2.28. The molecule has 0 aliphatic rings. The van der Waals surface area contributed by atoms with Crippen molar-refractivity contribution in [3.05, 3.63) is 30.3 Å². The first-order valence-corrected chi connectivity index (χ1v) is 5.29. The maximum Gasteiger partial charge on any atom is 0.279 e. The van der Waals surface area contributed by atoms with Gasteiger partial charge in [0.2, 0.25) is 0 Å². The average Bonchev–Trinajstić information content (AvgIpc) is 2.31. The van der Waals surface area contributed by atoms with Gasteiger partial charge in [0.15, 0.2) is 5.71 Å². The first-order chi connectivity index (χ1) is 8.19. The lowest BCUT2D eigenvalue weighted by Gasteiger charge is -2.05. The zero-order valence-electron chi connectivity index (χ0n) is 9.84. The SMILES string of the molecule is CCN=C(C)/C(=N\O)C(=O)Nc1ccccc1. The molecule has 0 aliphatic carbocycles. The molecule has 2 N–H and O–H groups in total. The molecule has 17 heavy (non-hydrogen) atoms. The molecule has 0 aliphatic heterocycles. The number of nitrogens with one attached hydrogen (secondary N) is 1. The zero-order chi connectivity index (χ0) is 12.7.